The van der Waals surface area contributed by atoms with Gasteiger partial charge in [-0.05, 0) is 25.8 Å². The van der Waals surface area contributed by atoms with Gasteiger partial charge in [0.05, 0.1) is 12.9 Å². The smallest absolute Gasteiger partial charge is 0.384 e. The summed E-state index contributed by atoms with van der Waals surface area (Å²) in [5.41, 5.74) is 0. The molecular weight excluding hydrogens is 223 g/mol. The molecule has 0 saturated heterocycles. The molecule has 0 unspecified atom stereocenters. The topological polar surface area (TPSA) is 27.7 Å². The normalized spacial score (nSPS) is 12.4. The Balaban J connectivity index is 3.40. The van der Waals surface area contributed by atoms with Gasteiger partial charge in [0.15, 0.2) is 0 Å². The fraction of sp³-hybridized carbons (Fsp3) is 1.00. The zero-order valence-electron chi connectivity index (χ0n) is 8.70. The van der Waals surface area contributed by atoms with Gasteiger partial charge >= 0.3 is 9.28 Å². The number of hydrogen-bond acceptors (Lipinski definition) is 4. The van der Waals surface area contributed by atoms with Gasteiger partial charge in [-0.1, -0.05) is 11.8 Å². The van der Waals surface area contributed by atoms with Gasteiger partial charge in [0.25, 0.3) is 0 Å². The van der Waals surface area contributed by atoms with Crippen molar-refractivity contribution in [1.29, 1.82) is 0 Å². The predicted octanol–water partition coefficient (Wildman–Crippen LogP) is 1.83. The van der Waals surface area contributed by atoms with Crippen LogP contribution in [0.15, 0.2) is 0 Å². The Labute approximate surface area is 87.7 Å². The molecule has 0 aliphatic heterocycles. The van der Waals surface area contributed by atoms with Crippen LogP contribution in [0.25, 0.3) is 0 Å². The van der Waals surface area contributed by atoms with Crippen LogP contribution in [-0.4, -0.2) is 43.4 Å². The van der Waals surface area contributed by atoms with E-state index in [1.54, 1.807) is 14.2 Å². The van der Waals surface area contributed by atoms with Gasteiger partial charge in [0.2, 0.25) is 0 Å². The largest absolute Gasteiger partial charge is 0.397 e. The summed E-state index contributed by atoms with van der Waals surface area (Å²) in [6, 6.07) is 0.951. The zero-order chi connectivity index (χ0) is 10.3. The highest BCUT2D eigenvalue weighted by atomic mass is 32.4. The fourth-order valence-corrected chi connectivity index (χ4v) is 2.59. The molecule has 3 nitrogen and oxygen atoms in total. The van der Waals surface area contributed by atoms with Gasteiger partial charge in [-0.2, -0.15) is 0 Å². The molecule has 0 spiro atoms. The summed E-state index contributed by atoms with van der Waals surface area (Å²) >= 11 is 5.16. The van der Waals surface area contributed by atoms with E-state index in [0.717, 1.165) is 19.1 Å². The van der Waals surface area contributed by atoms with E-state index in [0.29, 0.717) is 0 Å². The lowest BCUT2D eigenvalue weighted by molar-refractivity contribution is 0.270. The molecule has 79 valence electrons. The van der Waals surface area contributed by atoms with Gasteiger partial charge in [-0.3, -0.25) is 0 Å². The van der Waals surface area contributed by atoms with E-state index in [-0.39, 0.29) is 0 Å². The maximum absolute atomic E-state index is 5.50. The average molecular weight is 241 g/mol. The Bertz CT molecular complexity index is 169. The SMILES string of the molecule is CO[Si](CCCOP(C)(C)=S)OC. The van der Waals surface area contributed by atoms with Crippen LogP contribution in [0, 0.1) is 0 Å². The van der Waals surface area contributed by atoms with Gasteiger partial charge in [-0.15, -0.1) is 0 Å². The van der Waals surface area contributed by atoms with Crippen molar-refractivity contribution < 1.29 is 13.4 Å². The first kappa shape index (κ1) is 13.7. The quantitative estimate of drug-likeness (QED) is 0.386. The number of rotatable bonds is 7. The highest BCUT2D eigenvalue weighted by Crippen LogP contribution is 2.37. The van der Waals surface area contributed by atoms with Gasteiger partial charge in [0.1, 0.15) is 0 Å². The maximum atomic E-state index is 5.50. The molecular formula is C7H18O3PSSi. The Morgan fingerprint density at radius 3 is 2.15 bits per heavy atom. The molecule has 13 heavy (non-hydrogen) atoms. The van der Waals surface area contributed by atoms with Crippen molar-refractivity contribution in [2.75, 3.05) is 34.2 Å². The molecule has 0 aliphatic rings. The van der Waals surface area contributed by atoms with Gasteiger partial charge in [-0.25, -0.2) is 0 Å². The number of hydrogen-bond donors (Lipinski definition) is 0. The Morgan fingerprint density at radius 1 is 1.23 bits per heavy atom. The summed E-state index contributed by atoms with van der Waals surface area (Å²) in [6.45, 7) is 4.70. The van der Waals surface area contributed by atoms with Crippen LogP contribution in [0.1, 0.15) is 6.42 Å². The third-order valence-corrected chi connectivity index (χ3v) is 4.18. The maximum Gasteiger partial charge on any atom is 0.384 e. The molecule has 0 aliphatic carbocycles. The molecule has 0 rings (SSSR count). The van der Waals surface area contributed by atoms with Crippen molar-refractivity contribution in [3.8, 4) is 0 Å². The van der Waals surface area contributed by atoms with Crippen LogP contribution in [0.4, 0.5) is 0 Å². The summed E-state index contributed by atoms with van der Waals surface area (Å²) in [6.07, 6.45) is -0.511. The molecule has 0 saturated carbocycles. The van der Waals surface area contributed by atoms with Crippen LogP contribution >= 0.6 is 6.26 Å². The minimum absolute atomic E-state index is 0.727. The lowest BCUT2D eigenvalue weighted by Gasteiger charge is -2.12. The van der Waals surface area contributed by atoms with E-state index < -0.39 is 15.5 Å². The monoisotopic (exact) mass is 241 g/mol. The molecule has 0 fully saturated rings. The van der Waals surface area contributed by atoms with E-state index in [4.69, 9.17) is 25.2 Å². The lowest BCUT2D eigenvalue weighted by atomic mass is 10.5. The summed E-state index contributed by atoms with van der Waals surface area (Å²) in [5.74, 6) is 0. The first-order chi connectivity index (χ1) is 5.99. The van der Waals surface area contributed by atoms with E-state index in [2.05, 4.69) is 0 Å². The molecule has 0 atom stereocenters. The molecule has 1 radical (unpaired) electrons. The van der Waals surface area contributed by atoms with E-state index in [9.17, 15) is 0 Å². The average Bonchev–Trinajstić information content (AvgIpc) is 2.03. The summed E-state index contributed by atoms with van der Waals surface area (Å²) in [5, 5.41) is 0. The minimum atomic E-state index is -1.48. The van der Waals surface area contributed by atoms with Crippen molar-refractivity contribution in [2.45, 2.75) is 12.5 Å². The van der Waals surface area contributed by atoms with Crippen LogP contribution in [0.2, 0.25) is 6.04 Å². The molecule has 0 amide bonds. The second-order valence-corrected chi connectivity index (χ2v) is 10.4. The minimum Gasteiger partial charge on any atom is -0.397 e. The van der Waals surface area contributed by atoms with E-state index in [1.807, 2.05) is 13.3 Å². The van der Waals surface area contributed by atoms with Crippen LogP contribution < -0.4 is 0 Å². The highest BCUT2D eigenvalue weighted by Gasteiger charge is 2.11. The molecule has 0 aromatic rings. The third kappa shape index (κ3) is 9.06. The first-order valence-corrected chi connectivity index (χ1v) is 9.26. The second kappa shape index (κ2) is 7.09. The Kier molecular flexibility index (Phi) is 7.50. The van der Waals surface area contributed by atoms with Crippen LogP contribution in [0.5, 0.6) is 0 Å². The van der Waals surface area contributed by atoms with Crippen LogP contribution in [0.3, 0.4) is 0 Å². The van der Waals surface area contributed by atoms with Crippen molar-refractivity contribution in [1.82, 2.24) is 0 Å². The summed E-state index contributed by atoms with van der Waals surface area (Å²) in [4.78, 5) is 0. The van der Waals surface area contributed by atoms with E-state index in [1.165, 1.54) is 0 Å². The molecule has 0 aromatic heterocycles. The summed E-state index contributed by atoms with van der Waals surface area (Å²) in [7, 11) is 2.32. The fourth-order valence-electron chi connectivity index (χ4n) is 0.788. The molecule has 0 heterocycles. The first-order valence-electron chi connectivity index (χ1n) is 4.13. The molecule has 0 aromatic carbocycles. The van der Waals surface area contributed by atoms with Crippen molar-refractivity contribution >= 4 is 27.4 Å². The third-order valence-electron chi connectivity index (χ3n) is 1.38. The van der Waals surface area contributed by atoms with Crippen molar-refractivity contribution in [3.63, 3.8) is 0 Å². The second-order valence-electron chi connectivity index (χ2n) is 2.97. The Morgan fingerprint density at radius 2 is 1.77 bits per heavy atom. The Hall–Kier alpha value is 0.747. The highest BCUT2D eigenvalue weighted by molar-refractivity contribution is 8.11. The van der Waals surface area contributed by atoms with Crippen molar-refractivity contribution in [2.24, 2.45) is 0 Å². The lowest BCUT2D eigenvalue weighted by Crippen LogP contribution is -2.18. The van der Waals surface area contributed by atoms with Gasteiger partial charge < -0.3 is 13.4 Å². The zero-order valence-corrected chi connectivity index (χ0v) is 11.4. The molecule has 0 N–H and O–H groups in total. The predicted molar refractivity (Wildman–Crippen MR) is 61.3 cm³/mol. The van der Waals surface area contributed by atoms with E-state index >= 15 is 0 Å². The van der Waals surface area contributed by atoms with Gasteiger partial charge in [0, 0.05) is 14.2 Å². The molecule has 6 heteroatoms. The summed E-state index contributed by atoms with van der Waals surface area (Å²) < 4.78 is 15.8. The standard InChI is InChI=1S/C7H18O3PSSi/c1-8-13(9-2)7-5-6-10-11(3,4)12/h5-7H2,1-4H3. The van der Waals surface area contributed by atoms with Crippen molar-refractivity contribution in [3.05, 3.63) is 0 Å². The molecule has 0 bridgehead atoms. The van der Waals surface area contributed by atoms with Crippen LogP contribution in [-0.2, 0) is 25.2 Å².